The molecule has 32 heteroatoms. The van der Waals surface area contributed by atoms with Gasteiger partial charge < -0.3 is 104 Å². The molecule has 0 bridgehead atoms. The summed E-state index contributed by atoms with van der Waals surface area (Å²) in [5.74, 6) is -7.23. The molecule has 1 aliphatic heterocycles. The molecule has 1 aromatic rings. The molecule has 79 heavy (non-hydrogen) atoms. The molecule has 0 radical (unpaired) electrons. The third kappa shape index (κ3) is 26.4. The second-order valence-electron chi connectivity index (χ2n) is 18.7. The Morgan fingerprint density at radius 3 is 1.56 bits per heavy atom. The lowest BCUT2D eigenvalue weighted by Crippen LogP contribution is -2.60. The number of aliphatic imine (C=N–C) groups is 2. The van der Waals surface area contributed by atoms with Crippen molar-refractivity contribution in [2.45, 2.75) is 138 Å². The number of rotatable bonds is 37. The number of phenolic OH excluding ortho intramolecular Hbond substituents is 1. The molecule has 2 rings (SSSR count). The average Bonchev–Trinajstić information content (AvgIpc) is 3.91. The van der Waals surface area contributed by atoms with E-state index in [9.17, 15) is 53.1 Å². The quantitative estimate of drug-likeness (QED) is 0.0128. The van der Waals surface area contributed by atoms with Gasteiger partial charge in [-0.1, -0.05) is 18.6 Å². The van der Waals surface area contributed by atoms with E-state index in [1.54, 1.807) is 0 Å². The largest absolute Gasteiger partial charge is 0.508 e. The fraction of sp³-hybridized carbons (Fsp3) is 0.617. The smallest absolute Gasteiger partial charge is 0.312 e. The third-order valence-electron chi connectivity index (χ3n) is 12.3. The monoisotopic (exact) mass is 1130 g/mol. The zero-order valence-corrected chi connectivity index (χ0v) is 45.2. The third-order valence-corrected chi connectivity index (χ3v) is 12.7. The van der Waals surface area contributed by atoms with Crippen molar-refractivity contribution in [3.05, 3.63) is 29.8 Å². The Morgan fingerprint density at radius 2 is 1.05 bits per heavy atom. The number of carbonyl (C=O) groups is 10. The number of hydrogen-bond acceptors (Lipinski definition) is 16. The van der Waals surface area contributed by atoms with Gasteiger partial charge in [0.15, 0.2) is 11.9 Å². The minimum absolute atomic E-state index is 0.00739. The summed E-state index contributed by atoms with van der Waals surface area (Å²) >= 11 is 4.22. The van der Waals surface area contributed by atoms with Gasteiger partial charge >= 0.3 is 12.1 Å². The molecular formula is C47H82N20O11S. The molecule has 12 amide bonds. The highest BCUT2D eigenvalue weighted by molar-refractivity contribution is 7.80. The van der Waals surface area contributed by atoms with Gasteiger partial charge in [-0.2, -0.15) is 12.6 Å². The standard InChI is InChI=1S/C47H82N20O11S/c48-18-2-1-8-28(49)37(70)64-32(12-6-22-60-47(56)78)43(76)67-23-7-13-35(67)42(75)65-33(24-26-14-16-27(68)17-15-26)40(73)63-30(10-4-20-58-45(53)54)38(71)62-31(11-5-21-59-46(55)77)39(72)66-34(25-79)41(74)61-29(36(50)69)9-3-19-57-44(51)52/h14-17,28-35,68,79H,1-13,18-25,48-49H2,(H2,50,69)(H,61,74)(H,62,71)(H,63,73)(H,64,70)(H,65,75)(H,66,72)(H4,51,52,57)(H4,53,54,58)(H3,55,59,77)(H3,56,60,78)/t28-,29-,30-,31-,32+,33-,34-,35-/m0/s1. The maximum Gasteiger partial charge on any atom is 0.312 e. The summed E-state index contributed by atoms with van der Waals surface area (Å²) in [6, 6.07) is -6.14. The number of unbranched alkanes of at least 4 members (excludes halogenated alkanes) is 1. The number of phenols is 1. The number of urea groups is 2. The molecule has 0 aliphatic carbocycles. The molecule has 0 aromatic heterocycles. The van der Waals surface area contributed by atoms with E-state index in [4.69, 9.17) is 51.6 Å². The van der Waals surface area contributed by atoms with Crippen molar-refractivity contribution >= 4 is 83.9 Å². The lowest BCUT2D eigenvalue weighted by atomic mass is 10.0. The summed E-state index contributed by atoms with van der Waals surface area (Å²) in [6.45, 7) is 0.650. The molecule has 1 heterocycles. The topological polar surface area (TPSA) is 549 Å². The predicted octanol–water partition coefficient (Wildman–Crippen LogP) is -6.29. The van der Waals surface area contributed by atoms with Crippen LogP contribution in [0.3, 0.4) is 0 Å². The number of primary amides is 3. The molecule has 1 saturated heterocycles. The second kappa shape index (κ2) is 36.3. The number of nitrogens with zero attached hydrogens (tertiary/aromatic N) is 3. The number of aromatic hydroxyl groups is 1. The van der Waals surface area contributed by atoms with E-state index in [1.165, 1.54) is 29.2 Å². The van der Waals surface area contributed by atoms with Gasteiger partial charge in [0.05, 0.1) is 6.04 Å². The molecule has 27 N–H and O–H groups in total. The van der Waals surface area contributed by atoms with Gasteiger partial charge in [-0.25, -0.2) is 9.59 Å². The summed E-state index contributed by atoms with van der Waals surface area (Å²) in [7, 11) is 0. The minimum atomic E-state index is -1.46. The number of likely N-dealkylation sites (tertiary alicyclic amines) is 1. The second-order valence-corrected chi connectivity index (χ2v) is 19.0. The van der Waals surface area contributed by atoms with E-state index in [0.717, 1.165) is 0 Å². The van der Waals surface area contributed by atoms with E-state index in [2.05, 4.69) is 65.1 Å². The van der Waals surface area contributed by atoms with E-state index >= 15 is 0 Å². The van der Waals surface area contributed by atoms with E-state index in [1.807, 2.05) is 0 Å². The first kappa shape index (κ1) is 67.2. The Bertz CT molecular complexity index is 2250. The van der Waals surface area contributed by atoms with Crippen molar-refractivity contribution in [2.75, 3.05) is 45.0 Å². The van der Waals surface area contributed by atoms with E-state index in [0.29, 0.717) is 37.8 Å². The van der Waals surface area contributed by atoms with Crippen LogP contribution < -0.4 is 94.1 Å². The molecule has 31 nitrogen and oxygen atoms in total. The minimum Gasteiger partial charge on any atom is -0.508 e. The number of benzene rings is 1. The van der Waals surface area contributed by atoms with Crippen LogP contribution in [0.4, 0.5) is 9.59 Å². The van der Waals surface area contributed by atoms with Crippen LogP contribution in [0.5, 0.6) is 5.75 Å². The average molecular weight is 1140 g/mol. The van der Waals surface area contributed by atoms with E-state index in [-0.39, 0.29) is 120 Å². The highest BCUT2D eigenvalue weighted by Crippen LogP contribution is 2.21. The first-order chi connectivity index (χ1) is 37.5. The van der Waals surface area contributed by atoms with Gasteiger partial charge in [-0.3, -0.25) is 48.3 Å². The molecule has 1 fully saturated rings. The van der Waals surface area contributed by atoms with Crippen molar-refractivity contribution in [1.29, 1.82) is 0 Å². The Balaban J connectivity index is 2.50. The Labute approximate surface area is 463 Å². The van der Waals surface area contributed by atoms with Gasteiger partial charge in [0.2, 0.25) is 47.3 Å². The van der Waals surface area contributed by atoms with Gasteiger partial charge in [0.1, 0.15) is 48.0 Å². The Morgan fingerprint density at radius 1 is 0.582 bits per heavy atom. The highest BCUT2D eigenvalue weighted by Gasteiger charge is 2.40. The summed E-state index contributed by atoms with van der Waals surface area (Å²) in [5, 5.41) is 30.6. The maximum atomic E-state index is 14.6. The number of nitrogens with two attached hydrogens (primary N) is 9. The van der Waals surface area contributed by atoms with Crippen molar-refractivity contribution in [3.8, 4) is 5.75 Å². The molecule has 8 atom stereocenters. The number of nitrogens with one attached hydrogen (secondary N) is 8. The Hall–Kier alpha value is -7.87. The highest BCUT2D eigenvalue weighted by atomic mass is 32.1. The molecule has 0 spiro atoms. The van der Waals surface area contributed by atoms with Crippen LogP contribution >= 0.6 is 12.6 Å². The predicted molar refractivity (Wildman–Crippen MR) is 296 cm³/mol. The van der Waals surface area contributed by atoms with Crippen molar-refractivity contribution in [2.24, 2.45) is 61.6 Å². The molecule has 1 aromatic carbocycles. The van der Waals surface area contributed by atoms with Gasteiger partial charge in [-0.15, -0.1) is 0 Å². The van der Waals surface area contributed by atoms with Gasteiger partial charge in [0, 0.05) is 44.9 Å². The fourth-order valence-corrected chi connectivity index (χ4v) is 8.43. The zero-order chi connectivity index (χ0) is 59.0. The molecular weight excluding hydrogens is 1050 g/mol. The Kier molecular flexibility index (Phi) is 30.9. The number of guanidine groups is 2. The SMILES string of the molecule is NCCCC[C@H](N)C(=O)N[C@H](CCCNC(N)=O)C(=O)N1CCC[C@H]1C(=O)N[C@@H](Cc1ccc(O)cc1)C(=O)N[C@@H](CCCN=C(N)N)C(=O)N[C@@H](CCCNC(N)=O)C(=O)N[C@@H](CS)C(=O)N[C@@H](CCCN=C(N)N)C(N)=O. The number of thiol groups is 1. The summed E-state index contributed by atoms with van der Waals surface area (Å²) in [6.07, 6.45) is 2.17. The first-order valence-electron chi connectivity index (χ1n) is 25.9. The van der Waals surface area contributed by atoms with E-state index < -0.39 is 108 Å². The normalized spacial score (nSPS) is 15.4. The van der Waals surface area contributed by atoms with Crippen LogP contribution in [-0.4, -0.2) is 175 Å². The molecule has 442 valence electrons. The molecule has 0 unspecified atom stereocenters. The van der Waals surface area contributed by atoms with Crippen LogP contribution in [0.15, 0.2) is 34.3 Å². The molecule has 0 saturated carbocycles. The van der Waals surface area contributed by atoms with Crippen LogP contribution in [0.25, 0.3) is 0 Å². The fourth-order valence-electron chi connectivity index (χ4n) is 8.17. The number of carbonyl (C=O) groups excluding carboxylic acids is 10. The number of amides is 12. The zero-order valence-electron chi connectivity index (χ0n) is 44.3. The van der Waals surface area contributed by atoms with Crippen LogP contribution in [0.1, 0.15) is 89.0 Å². The van der Waals surface area contributed by atoms with Crippen LogP contribution in [0.2, 0.25) is 0 Å². The lowest BCUT2D eigenvalue weighted by Gasteiger charge is -2.31. The number of hydrogen-bond donors (Lipinski definition) is 19. The lowest BCUT2D eigenvalue weighted by molar-refractivity contribution is -0.142. The summed E-state index contributed by atoms with van der Waals surface area (Å²) in [4.78, 5) is 143. The van der Waals surface area contributed by atoms with Crippen molar-refractivity contribution in [3.63, 3.8) is 0 Å². The van der Waals surface area contributed by atoms with Gasteiger partial charge in [-0.05, 0) is 101 Å². The maximum absolute atomic E-state index is 14.6. The van der Waals surface area contributed by atoms with Gasteiger partial charge in [0.25, 0.3) is 0 Å². The van der Waals surface area contributed by atoms with Crippen LogP contribution in [-0.2, 0) is 44.8 Å². The molecule has 1 aliphatic rings. The van der Waals surface area contributed by atoms with Crippen LogP contribution in [0, 0.1) is 0 Å². The summed E-state index contributed by atoms with van der Waals surface area (Å²) in [5.41, 5.74) is 50.0. The summed E-state index contributed by atoms with van der Waals surface area (Å²) < 4.78 is 0. The van der Waals surface area contributed by atoms with Crippen molar-refractivity contribution in [1.82, 2.24) is 47.4 Å². The first-order valence-corrected chi connectivity index (χ1v) is 26.5. The van der Waals surface area contributed by atoms with Crippen molar-refractivity contribution < 1.29 is 53.1 Å².